The average molecular weight is 393 g/mol. The molecule has 1 aromatic heterocycles. The number of carbonyl (C=O) groups is 1. The van der Waals surface area contributed by atoms with Gasteiger partial charge in [-0.2, -0.15) is 0 Å². The van der Waals surface area contributed by atoms with Gasteiger partial charge in [0, 0.05) is 18.7 Å². The minimum absolute atomic E-state index is 0.0441. The van der Waals surface area contributed by atoms with Gasteiger partial charge in [-0.25, -0.2) is 14.8 Å². The van der Waals surface area contributed by atoms with Crippen LogP contribution in [0.4, 0.5) is 5.82 Å². The smallest absolute Gasteiger partial charge is 0.360 e. The fraction of sp³-hybridized carbons (Fsp3) is 0.318. The maximum Gasteiger partial charge on any atom is 0.360 e. The first-order valence-electron chi connectivity index (χ1n) is 9.66. The molecule has 4 rings (SSSR count). The molecule has 0 saturated carbocycles. The van der Waals surface area contributed by atoms with Gasteiger partial charge >= 0.3 is 5.97 Å². The van der Waals surface area contributed by atoms with Gasteiger partial charge < -0.3 is 19.5 Å². The Morgan fingerprint density at radius 2 is 1.90 bits per heavy atom. The van der Waals surface area contributed by atoms with Gasteiger partial charge in [0.15, 0.2) is 11.5 Å². The number of methoxy groups -OCH3 is 1. The van der Waals surface area contributed by atoms with E-state index in [0.717, 1.165) is 24.2 Å². The Morgan fingerprint density at radius 3 is 2.66 bits per heavy atom. The van der Waals surface area contributed by atoms with Crippen LogP contribution in [0.1, 0.15) is 28.9 Å². The second-order valence-corrected chi connectivity index (χ2v) is 6.81. The molecule has 7 nitrogen and oxygen atoms in total. The Hall–Kier alpha value is -3.19. The van der Waals surface area contributed by atoms with E-state index in [2.05, 4.69) is 15.3 Å². The molecule has 1 aliphatic heterocycles. The number of anilines is 1. The van der Waals surface area contributed by atoms with E-state index in [9.17, 15) is 4.79 Å². The fourth-order valence-electron chi connectivity index (χ4n) is 3.31. The number of fused-ring (bicyclic) bond motifs is 1. The van der Waals surface area contributed by atoms with Crippen molar-refractivity contribution in [1.82, 2.24) is 9.97 Å². The lowest BCUT2D eigenvalue weighted by Gasteiger charge is -2.14. The van der Waals surface area contributed by atoms with E-state index in [4.69, 9.17) is 14.2 Å². The summed E-state index contributed by atoms with van der Waals surface area (Å²) in [7, 11) is 1.63. The highest BCUT2D eigenvalue weighted by Crippen LogP contribution is 2.22. The van der Waals surface area contributed by atoms with Gasteiger partial charge in [0.25, 0.3) is 0 Å². The monoisotopic (exact) mass is 393 g/mol. The van der Waals surface area contributed by atoms with Crippen LogP contribution in [0.5, 0.6) is 5.75 Å². The number of nitrogens with one attached hydrogen (secondary N) is 1. The van der Waals surface area contributed by atoms with Gasteiger partial charge in [-0.1, -0.05) is 30.3 Å². The van der Waals surface area contributed by atoms with Gasteiger partial charge in [0.1, 0.15) is 12.4 Å². The summed E-state index contributed by atoms with van der Waals surface area (Å²) < 4.78 is 16.4. The maximum atomic E-state index is 12.8. The quantitative estimate of drug-likeness (QED) is 0.614. The topological polar surface area (TPSA) is 82.6 Å². The Bertz CT molecular complexity index is 1000. The minimum atomic E-state index is -0.513. The number of benzene rings is 2. The van der Waals surface area contributed by atoms with Crippen LogP contribution in [0.15, 0.2) is 48.5 Å². The predicted octanol–water partition coefficient (Wildman–Crippen LogP) is 3.59. The molecule has 7 heteroatoms. The normalized spacial score (nSPS) is 16.0. The SMILES string of the molecule is COc1ccccc1CNc1nc2ccccc2nc1C(=O)OCC1CCCO1. The van der Waals surface area contributed by atoms with Gasteiger partial charge in [0.2, 0.25) is 0 Å². The third kappa shape index (κ3) is 4.46. The van der Waals surface area contributed by atoms with E-state index >= 15 is 0 Å². The molecule has 0 bridgehead atoms. The number of para-hydroxylation sites is 3. The van der Waals surface area contributed by atoms with Crippen molar-refractivity contribution < 1.29 is 19.0 Å². The molecule has 1 saturated heterocycles. The lowest BCUT2D eigenvalue weighted by Crippen LogP contribution is -2.20. The zero-order chi connectivity index (χ0) is 20.1. The van der Waals surface area contributed by atoms with E-state index < -0.39 is 5.97 Å². The molecule has 1 atom stereocenters. The van der Waals surface area contributed by atoms with Crippen molar-refractivity contribution in [3.05, 3.63) is 59.8 Å². The molecular formula is C22H23N3O4. The number of ether oxygens (including phenoxy) is 3. The Labute approximate surface area is 169 Å². The molecule has 1 N–H and O–H groups in total. The molecule has 0 aliphatic carbocycles. The number of carbonyl (C=O) groups excluding carboxylic acids is 1. The van der Waals surface area contributed by atoms with Gasteiger partial charge in [-0.05, 0) is 31.0 Å². The molecule has 0 amide bonds. The lowest BCUT2D eigenvalue weighted by atomic mass is 10.2. The van der Waals surface area contributed by atoms with E-state index in [1.165, 1.54) is 0 Å². The van der Waals surface area contributed by atoms with Crippen LogP contribution in [0.3, 0.4) is 0 Å². The highest BCUT2D eigenvalue weighted by molar-refractivity contribution is 5.95. The summed E-state index contributed by atoms with van der Waals surface area (Å²) in [5.74, 6) is 0.629. The maximum absolute atomic E-state index is 12.8. The molecule has 2 heterocycles. The molecule has 0 radical (unpaired) electrons. The predicted molar refractivity (Wildman–Crippen MR) is 109 cm³/mol. The standard InChI is InChI=1S/C22H23N3O4/c1-27-19-11-5-2-7-15(19)13-23-21-20(22(26)29-14-16-8-6-12-28-16)24-17-9-3-4-10-18(17)25-21/h2-5,7,9-11,16H,6,8,12-14H2,1H3,(H,23,25). The highest BCUT2D eigenvalue weighted by Gasteiger charge is 2.22. The van der Waals surface area contributed by atoms with Crippen molar-refractivity contribution in [2.45, 2.75) is 25.5 Å². The lowest BCUT2D eigenvalue weighted by molar-refractivity contribution is 0.0157. The van der Waals surface area contributed by atoms with Crippen molar-refractivity contribution >= 4 is 22.8 Å². The van der Waals surface area contributed by atoms with Crippen LogP contribution >= 0.6 is 0 Å². The summed E-state index contributed by atoms with van der Waals surface area (Å²) >= 11 is 0. The molecule has 3 aromatic rings. The van der Waals surface area contributed by atoms with Crippen molar-refractivity contribution in [2.75, 3.05) is 25.6 Å². The number of rotatable bonds is 7. The van der Waals surface area contributed by atoms with Crippen molar-refractivity contribution in [3.8, 4) is 5.75 Å². The number of nitrogens with zero attached hydrogens (tertiary/aromatic N) is 2. The molecule has 150 valence electrons. The first-order chi connectivity index (χ1) is 14.2. The number of esters is 1. The van der Waals surface area contributed by atoms with E-state index in [1.807, 2.05) is 48.5 Å². The summed E-state index contributed by atoms with van der Waals surface area (Å²) in [6.45, 7) is 1.37. The molecule has 1 fully saturated rings. The third-order valence-electron chi connectivity index (χ3n) is 4.83. The first-order valence-corrected chi connectivity index (χ1v) is 9.66. The van der Waals surface area contributed by atoms with E-state index in [1.54, 1.807) is 7.11 Å². The zero-order valence-corrected chi connectivity index (χ0v) is 16.3. The Balaban J connectivity index is 1.58. The summed E-state index contributed by atoms with van der Waals surface area (Å²) in [6.07, 6.45) is 1.84. The summed E-state index contributed by atoms with van der Waals surface area (Å²) in [5.41, 5.74) is 2.45. The van der Waals surface area contributed by atoms with Crippen LogP contribution in [-0.4, -0.2) is 42.4 Å². The van der Waals surface area contributed by atoms with Crippen LogP contribution < -0.4 is 10.1 Å². The molecule has 1 unspecified atom stereocenters. The average Bonchev–Trinajstić information content (AvgIpc) is 3.29. The van der Waals surface area contributed by atoms with Gasteiger partial charge in [-0.3, -0.25) is 0 Å². The van der Waals surface area contributed by atoms with E-state index in [-0.39, 0.29) is 18.4 Å². The van der Waals surface area contributed by atoms with Crippen LogP contribution in [-0.2, 0) is 16.0 Å². The zero-order valence-electron chi connectivity index (χ0n) is 16.3. The summed E-state index contributed by atoms with van der Waals surface area (Å²) in [4.78, 5) is 21.9. The molecule has 2 aromatic carbocycles. The highest BCUT2D eigenvalue weighted by atomic mass is 16.6. The summed E-state index contributed by atoms with van der Waals surface area (Å²) in [6, 6.07) is 15.1. The Morgan fingerprint density at radius 1 is 1.14 bits per heavy atom. The first kappa shape index (κ1) is 19.1. The van der Waals surface area contributed by atoms with E-state index in [0.29, 0.717) is 30.0 Å². The molecule has 29 heavy (non-hydrogen) atoms. The summed E-state index contributed by atoms with van der Waals surface area (Å²) in [5, 5.41) is 3.22. The molecular weight excluding hydrogens is 370 g/mol. The molecule has 1 aliphatic rings. The molecule has 0 spiro atoms. The minimum Gasteiger partial charge on any atom is -0.496 e. The largest absolute Gasteiger partial charge is 0.496 e. The fourth-order valence-corrected chi connectivity index (χ4v) is 3.31. The van der Waals surface area contributed by atoms with Crippen molar-refractivity contribution in [2.24, 2.45) is 0 Å². The number of aromatic nitrogens is 2. The second-order valence-electron chi connectivity index (χ2n) is 6.81. The van der Waals surface area contributed by atoms with Crippen LogP contribution in [0.25, 0.3) is 11.0 Å². The number of hydrogen-bond acceptors (Lipinski definition) is 7. The number of hydrogen-bond donors (Lipinski definition) is 1. The van der Waals surface area contributed by atoms with Crippen molar-refractivity contribution in [3.63, 3.8) is 0 Å². The van der Waals surface area contributed by atoms with Crippen molar-refractivity contribution in [1.29, 1.82) is 0 Å². The van der Waals surface area contributed by atoms with Gasteiger partial charge in [-0.15, -0.1) is 0 Å². The third-order valence-corrected chi connectivity index (χ3v) is 4.83. The second kappa shape index (κ2) is 8.87. The van der Waals surface area contributed by atoms with Gasteiger partial charge in [0.05, 0.1) is 24.2 Å². The van der Waals surface area contributed by atoms with Crippen LogP contribution in [0.2, 0.25) is 0 Å². The Kier molecular flexibility index (Phi) is 5.86. The van der Waals surface area contributed by atoms with Crippen LogP contribution in [0, 0.1) is 0 Å².